The van der Waals surface area contributed by atoms with Crippen LogP contribution in [0.2, 0.25) is 0 Å². The van der Waals surface area contributed by atoms with Gasteiger partial charge in [0.25, 0.3) is 0 Å². The molecule has 2 aliphatic carbocycles. The lowest BCUT2D eigenvalue weighted by molar-refractivity contribution is 0.175. The zero-order chi connectivity index (χ0) is 14.7. The van der Waals surface area contributed by atoms with Gasteiger partial charge in [0.1, 0.15) is 5.75 Å². The Morgan fingerprint density at radius 1 is 1.14 bits per heavy atom. The van der Waals surface area contributed by atoms with Gasteiger partial charge >= 0.3 is 0 Å². The van der Waals surface area contributed by atoms with Crippen LogP contribution < -0.4 is 10.5 Å². The number of hydrogen-bond donors (Lipinski definition) is 1. The number of ether oxygens (including phenoxy) is 1. The smallest absolute Gasteiger partial charge is 0.123 e. The topological polar surface area (TPSA) is 35.2 Å². The quantitative estimate of drug-likeness (QED) is 0.827. The Balaban J connectivity index is 1.85. The van der Waals surface area contributed by atoms with Gasteiger partial charge in [-0.3, -0.25) is 0 Å². The second-order valence-electron chi connectivity index (χ2n) is 6.79. The standard InChI is InChI=1S/C18H26BrNO/c19-15-7-8-17(21-12-14-5-4-6-14)16(11-15)18(13-20)9-2-1-3-10-18/h7-8,11,14H,1-6,9-10,12-13,20H2. The SMILES string of the molecule is NCC1(c2cc(Br)ccc2OCC2CCC2)CCCCC1. The summed E-state index contributed by atoms with van der Waals surface area (Å²) >= 11 is 3.62. The van der Waals surface area contributed by atoms with Gasteiger partial charge in [-0.15, -0.1) is 0 Å². The normalized spacial score (nSPS) is 21.8. The van der Waals surface area contributed by atoms with Crippen molar-refractivity contribution in [3.63, 3.8) is 0 Å². The van der Waals surface area contributed by atoms with Crippen LogP contribution in [0.4, 0.5) is 0 Å². The first kappa shape index (κ1) is 15.4. The van der Waals surface area contributed by atoms with E-state index in [1.54, 1.807) is 0 Å². The van der Waals surface area contributed by atoms with Gasteiger partial charge in [-0.2, -0.15) is 0 Å². The summed E-state index contributed by atoms with van der Waals surface area (Å²) in [5.41, 5.74) is 7.67. The highest BCUT2D eigenvalue weighted by atomic mass is 79.9. The van der Waals surface area contributed by atoms with E-state index >= 15 is 0 Å². The van der Waals surface area contributed by atoms with Crippen LogP contribution in [0.5, 0.6) is 5.75 Å². The van der Waals surface area contributed by atoms with Crippen molar-refractivity contribution >= 4 is 15.9 Å². The maximum atomic E-state index is 6.21. The molecule has 116 valence electrons. The van der Waals surface area contributed by atoms with Crippen molar-refractivity contribution in [1.82, 2.24) is 0 Å². The number of nitrogens with two attached hydrogens (primary N) is 1. The number of rotatable bonds is 5. The summed E-state index contributed by atoms with van der Waals surface area (Å²) in [7, 11) is 0. The lowest BCUT2D eigenvalue weighted by Crippen LogP contribution is -2.37. The molecule has 2 saturated carbocycles. The molecule has 0 spiro atoms. The number of hydrogen-bond acceptors (Lipinski definition) is 2. The molecule has 0 amide bonds. The summed E-state index contributed by atoms with van der Waals surface area (Å²) in [6, 6.07) is 6.46. The van der Waals surface area contributed by atoms with E-state index in [1.165, 1.54) is 56.9 Å². The molecule has 2 N–H and O–H groups in total. The molecule has 2 aliphatic rings. The summed E-state index contributed by atoms with van der Waals surface area (Å²) in [5.74, 6) is 1.83. The van der Waals surface area contributed by atoms with Crippen molar-refractivity contribution in [3.05, 3.63) is 28.2 Å². The highest BCUT2D eigenvalue weighted by molar-refractivity contribution is 9.10. The van der Waals surface area contributed by atoms with Gasteiger partial charge in [0.05, 0.1) is 6.61 Å². The third kappa shape index (κ3) is 3.29. The maximum absolute atomic E-state index is 6.21. The van der Waals surface area contributed by atoms with Crippen molar-refractivity contribution in [2.24, 2.45) is 11.7 Å². The molecule has 2 nitrogen and oxygen atoms in total. The first-order valence-electron chi connectivity index (χ1n) is 8.36. The average Bonchev–Trinajstić information content (AvgIpc) is 2.48. The summed E-state index contributed by atoms with van der Waals surface area (Å²) in [5, 5.41) is 0. The van der Waals surface area contributed by atoms with E-state index in [1.807, 2.05) is 0 Å². The van der Waals surface area contributed by atoms with Gasteiger partial charge in [0, 0.05) is 22.0 Å². The average molecular weight is 352 g/mol. The molecule has 0 aromatic heterocycles. The molecule has 0 unspecified atom stereocenters. The van der Waals surface area contributed by atoms with Gasteiger partial charge in [-0.1, -0.05) is 41.6 Å². The van der Waals surface area contributed by atoms with Gasteiger partial charge in [0.15, 0.2) is 0 Å². The predicted octanol–water partition coefficient (Wildman–Crippen LogP) is 4.79. The fourth-order valence-corrected chi connectivity index (χ4v) is 4.08. The lowest BCUT2D eigenvalue weighted by Gasteiger charge is -2.38. The molecular weight excluding hydrogens is 326 g/mol. The third-order valence-corrected chi connectivity index (χ3v) is 5.91. The van der Waals surface area contributed by atoms with Crippen LogP contribution in [-0.2, 0) is 5.41 Å². The van der Waals surface area contributed by atoms with E-state index < -0.39 is 0 Å². The fraction of sp³-hybridized carbons (Fsp3) is 0.667. The van der Waals surface area contributed by atoms with Crippen molar-refractivity contribution < 1.29 is 4.74 Å². The fourth-order valence-electron chi connectivity index (χ4n) is 3.72. The number of halogens is 1. The largest absolute Gasteiger partial charge is 0.493 e. The molecule has 0 bridgehead atoms. The zero-order valence-electron chi connectivity index (χ0n) is 12.7. The Hall–Kier alpha value is -0.540. The van der Waals surface area contributed by atoms with Crippen LogP contribution in [0.1, 0.15) is 56.9 Å². The Morgan fingerprint density at radius 2 is 1.90 bits per heavy atom. The van der Waals surface area contributed by atoms with Gasteiger partial charge in [0.2, 0.25) is 0 Å². The van der Waals surface area contributed by atoms with Crippen molar-refractivity contribution in [1.29, 1.82) is 0 Å². The Morgan fingerprint density at radius 3 is 2.52 bits per heavy atom. The van der Waals surface area contributed by atoms with E-state index in [4.69, 9.17) is 10.5 Å². The molecule has 3 heteroatoms. The minimum Gasteiger partial charge on any atom is -0.493 e. The molecule has 0 radical (unpaired) electrons. The first-order chi connectivity index (χ1) is 10.2. The molecule has 2 fully saturated rings. The first-order valence-corrected chi connectivity index (χ1v) is 9.16. The predicted molar refractivity (Wildman–Crippen MR) is 90.8 cm³/mol. The minimum absolute atomic E-state index is 0.122. The Bertz CT molecular complexity index is 478. The van der Waals surface area contributed by atoms with Crippen LogP contribution in [-0.4, -0.2) is 13.2 Å². The van der Waals surface area contributed by atoms with Crippen molar-refractivity contribution in [2.45, 2.75) is 56.8 Å². The maximum Gasteiger partial charge on any atom is 0.123 e. The van der Waals surface area contributed by atoms with E-state index in [-0.39, 0.29) is 5.41 Å². The molecule has 0 saturated heterocycles. The zero-order valence-corrected chi connectivity index (χ0v) is 14.3. The van der Waals surface area contributed by atoms with Crippen LogP contribution in [0.15, 0.2) is 22.7 Å². The summed E-state index contributed by atoms with van der Waals surface area (Å²) in [4.78, 5) is 0. The van der Waals surface area contributed by atoms with Crippen molar-refractivity contribution in [2.75, 3.05) is 13.2 Å². The summed E-state index contributed by atoms with van der Waals surface area (Å²) in [6.07, 6.45) is 10.3. The van der Waals surface area contributed by atoms with E-state index in [0.29, 0.717) is 0 Å². The molecule has 0 aliphatic heterocycles. The second kappa shape index (κ2) is 6.70. The van der Waals surface area contributed by atoms with Crippen LogP contribution >= 0.6 is 15.9 Å². The molecule has 1 aromatic carbocycles. The van der Waals surface area contributed by atoms with Gasteiger partial charge in [-0.05, 0) is 49.8 Å². The monoisotopic (exact) mass is 351 g/mol. The summed E-state index contributed by atoms with van der Waals surface area (Å²) < 4.78 is 7.33. The third-order valence-electron chi connectivity index (χ3n) is 5.41. The second-order valence-corrected chi connectivity index (χ2v) is 7.71. The van der Waals surface area contributed by atoms with E-state index in [2.05, 4.69) is 34.1 Å². The Labute approximate surface area is 136 Å². The summed E-state index contributed by atoms with van der Waals surface area (Å²) in [6.45, 7) is 1.60. The molecule has 0 heterocycles. The highest BCUT2D eigenvalue weighted by Crippen LogP contribution is 2.44. The number of benzene rings is 1. The Kier molecular flexibility index (Phi) is 4.90. The molecule has 1 aromatic rings. The minimum atomic E-state index is 0.122. The van der Waals surface area contributed by atoms with Crippen LogP contribution in [0.3, 0.4) is 0 Å². The van der Waals surface area contributed by atoms with Crippen molar-refractivity contribution in [3.8, 4) is 5.75 Å². The van der Waals surface area contributed by atoms with E-state index in [9.17, 15) is 0 Å². The highest BCUT2D eigenvalue weighted by Gasteiger charge is 2.35. The van der Waals surface area contributed by atoms with Crippen LogP contribution in [0.25, 0.3) is 0 Å². The molecule has 3 rings (SSSR count). The van der Waals surface area contributed by atoms with Crippen LogP contribution in [0, 0.1) is 5.92 Å². The lowest BCUT2D eigenvalue weighted by atomic mass is 9.69. The van der Waals surface area contributed by atoms with E-state index in [0.717, 1.165) is 29.3 Å². The molecular formula is C18H26BrNO. The molecule has 21 heavy (non-hydrogen) atoms. The van der Waals surface area contributed by atoms with Gasteiger partial charge in [-0.25, -0.2) is 0 Å². The van der Waals surface area contributed by atoms with Gasteiger partial charge < -0.3 is 10.5 Å². The molecule has 0 atom stereocenters.